The fourth-order valence-electron chi connectivity index (χ4n) is 1.08. The second kappa shape index (κ2) is 4.49. The molecule has 0 amide bonds. The number of carbonyl (C=O) groups is 1. The van der Waals surface area contributed by atoms with Crippen LogP contribution < -0.4 is 9.68 Å². The summed E-state index contributed by atoms with van der Waals surface area (Å²) in [4.78, 5) is 21.8. The molecule has 0 bridgehead atoms. The average molecular weight is 314 g/mol. The van der Waals surface area contributed by atoms with Crippen molar-refractivity contribution in [3.63, 3.8) is 0 Å². The number of ether oxygens (including phenoxy) is 1. The Balaban J connectivity index is 2.31. The molecule has 0 atom stereocenters. The largest absolute Gasteiger partial charge is 0.423 e. The minimum Gasteiger partial charge on any atom is -0.423 e. The lowest BCUT2D eigenvalue weighted by Crippen LogP contribution is -2.24. The lowest BCUT2D eigenvalue weighted by molar-refractivity contribution is -0.133. The van der Waals surface area contributed by atoms with Crippen LogP contribution in [0.2, 0.25) is 0 Å². The van der Waals surface area contributed by atoms with E-state index < -0.39 is 14.7 Å². The highest BCUT2D eigenvalue weighted by Crippen LogP contribution is 2.29. The predicted molar refractivity (Wildman–Crippen MR) is 66.3 cm³/mol. The number of halogens is 3. The van der Waals surface area contributed by atoms with Gasteiger partial charge in [-0.05, 0) is 12.1 Å². The Morgan fingerprint density at radius 2 is 2.06 bits per heavy atom. The molecule has 0 spiro atoms. The van der Waals surface area contributed by atoms with E-state index in [1.165, 1.54) is 18.2 Å². The van der Waals surface area contributed by atoms with E-state index in [4.69, 9.17) is 44.0 Å². The summed E-state index contributed by atoms with van der Waals surface area (Å²) in [5.74, 6) is -0.844. The van der Waals surface area contributed by atoms with Crippen LogP contribution in [-0.2, 0) is 4.79 Å². The van der Waals surface area contributed by atoms with Crippen LogP contribution in [0, 0.1) is 0 Å². The van der Waals surface area contributed by atoms with Gasteiger partial charge >= 0.3 is 10.9 Å². The topological polar surface area (TPSA) is 56.5 Å². The third-order valence-electron chi connectivity index (χ3n) is 1.74. The molecule has 0 unspecified atom stereocenters. The Bertz CT molecular complexity index is 625. The predicted octanol–water partition coefficient (Wildman–Crippen LogP) is 3.13. The molecule has 0 aliphatic rings. The zero-order valence-electron chi connectivity index (χ0n) is 7.91. The van der Waals surface area contributed by atoms with Gasteiger partial charge in [0, 0.05) is 6.07 Å². The lowest BCUT2D eigenvalue weighted by Gasteiger charge is -2.09. The molecule has 1 heterocycles. The SMILES string of the molecule is O=C(Oc1ccc2oc(=O)sc2c1)C(Cl)(Cl)Cl. The standard InChI is InChI=1S/C9H3Cl3O4S/c10-9(11,12)7(13)15-4-1-2-5-6(3-4)17-8(14)16-5/h1-3H. The van der Waals surface area contributed by atoms with Gasteiger partial charge in [-0.25, -0.2) is 9.59 Å². The van der Waals surface area contributed by atoms with Crippen molar-refractivity contribution in [2.75, 3.05) is 0 Å². The number of benzene rings is 1. The third-order valence-corrected chi connectivity index (χ3v) is 3.00. The van der Waals surface area contributed by atoms with E-state index in [9.17, 15) is 9.59 Å². The molecule has 2 rings (SSSR count). The molecule has 0 aliphatic carbocycles. The lowest BCUT2D eigenvalue weighted by atomic mass is 10.3. The molecule has 1 aromatic carbocycles. The fraction of sp³-hybridized carbons (Fsp3) is 0.111. The van der Waals surface area contributed by atoms with Gasteiger partial charge in [-0.1, -0.05) is 46.1 Å². The Morgan fingerprint density at radius 3 is 2.71 bits per heavy atom. The summed E-state index contributed by atoms with van der Waals surface area (Å²) in [5, 5.41) is 0. The molecular weight excluding hydrogens is 311 g/mol. The van der Waals surface area contributed by atoms with Crippen LogP contribution in [0.5, 0.6) is 5.75 Å². The first-order chi connectivity index (χ1) is 7.86. The molecule has 90 valence electrons. The maximum absolute atomic E-state index is 11.3. The first-order valence-corrected chi connectivity index (χ1v) is 6.14. The van der Waals surface area contributed by atoms with Crippen molar-refractivity contribution in [1.29, 1.82) is 0 Å². The third kappa shape index (κ3) is 2.93. The van der Waals surface area contributed by atoms with E-state index in [1.807, 2.05) is 0 Å². The average Bonchev–Trinajstić information content (AvgIpc) is 2.55. The highest BCUT2D eigenvalue weighted by Gasteiger charge is 2.33. The van der Waals surface area contributed by atoms with Crippen molar-refractivity contribution >= 4 is 62.4 Å². The molecule has 0 radical (unpaired) electrons. The van der Waals surface area contributed by atoms with Crippen molar-refractivity contribution in [3.05, 3.63) is 27.9 Å². The Labute approximate surface area is 114 Å². The number of rotatable bonds is 1. The molecule has 4 nitrogen and oxygen atoms in total. The van der Waals surface area contributed by atoms with E-state index in [0.717, 1.165) is 11.3 Å². The van der Waals surface area contributed by atoms with E-state index in [-0.39, 0.29) is 5.75 Å². The van der Waals surface area contributed by atoms with Crippen LogP contribution in [0.3, 0.4) is 0 Å². The summed E-state index contributed by atoms with van der Waals surface area (Å²) >= 11 is 16.9. The molecule has 2 aromatic rings. The highest BCUT2D eigenvalue weighted by molar-refractivity contribution is 7.16. The number of esters is 1. The van der Waals surface area contributed by atoms with Crippen molar-refractivity contribution in [2.45, 2.75) is 3.79 Å². The zero-order valence-corrected chi connectivity index (χ0v) is 11.0. The zero-order chi connectivity index (χ0) is 12.6. The Kier molecular flexibility index (Phi) is 3.36. The van der Waals surface area contributed by atoms with Crippen LogP contribution in [-0.4, -0.2) is 9.76 Å². The molecule has 8 heteroatoms. The van der Waals surface area contributed by atoms with Crippen LogP contribution >= 0.6 is 46.1 Å². The van der Waals surface area contributed by atoms with Crippen LogP contribution in [0.4, 0.5) is 0 Å². The van der Waals surface area contributed by atoms with Crippen LogP contribution in [0.15, 0.2) is 27.4 Å². The first-order valence-electron chi connectivity index (χ1n) is 4.19. The second-order valence-corrected chi connectivity index (χ2v) is 6.21. The van der Waals surface area contributed by atoms with Crippen molar-refractivity contribution < 1.29 is 13.9 Å². The number of carbonyl (C=O) groups excluding carboxylic acids is 1. The summed E-state index contributed by atoms with van der Waals surface area (Å²) in [7, 11) is 0. The van der Waals surface area contributed by atoms with E-state index >= 15 is 0 Å². The number of fused-ring (bicyclic) bond motifs is 1. The van der Waals surface area contributed by atoms with Gasteiger partial charge in [-0.15, -0.1) is 0 Å². The summed E-state index contributed by atoms with van der Waals surface area (Å²) in [5.41, 5.74) is 0.411. The van der Waals surface area contributed by atoms with Crippen molar-refractivity contribution in [3.8, 4) is 5.75 Å². The van der Waals surface area contributed by atoms with Crippen LogP contribution in [0.1, 0.15) is 0 Å². The van der Waals surface area contributed by atoms with Gasteiger partial charge in [0.15, 0.2) is 0 Å². The Morgan fingerprint density at radius 1 is 1.35 bits per heavy atom. The van der Waals surface area contributed by atoms with E-state index in [2.05, 4.69) is 0 Å². The monoisotopic (exact) mass is 312 g/mol. The summed E-state index contributed by atoms with van der Waals surface area (Å²) < 4.78 is 8.07. The molecule has 1 aromatic heterocycles. The normalized spacial score (nSPS) is 11.7. The molecule has 0 saturated carbocycles. The van der Waals surface area contributed by atoms with Gasteiger partial charge in [0.1, 0.15) is 11.3 Å². The maximum Gasteiger partial charge on any atom is 0.396 e. The minimum atomic E-state index is -2.14. The fourth-order valence-corrected chi connectivity index (χ4v) is 1.89. The smallest absolute Gasteiger partial charge is 0.396 e. The Hall–Kier alpha value is -0.750. The summed E-state index contributed by atoms with van der Waals surface area (Å²) in [6, 6.07) is 4.39. The number of hydrogen-bond acceptors (Lipinski definition) is 5. The van der Waals surface area contributed by atoms with Crippen molar-refractivity contribution in [2.24, 2.45) is 0 Å². The van der Waals surface area contributed by atoms with E-state index in [0.29, 0.717) is 10.3 Å². The van der Waals surface area contributed by atoms with Crippen molar-refractivity contribution in [1.82, 2.24) is 0 Å². The molecule has 17 heavy (non-hydrogen) atoms. The van der Waals surface area contributed by atoms with Crippen LogP contribution in [0.25, 0.3) is 10.3 Å². The minimum absolute atomic E-state index is 0.172. The van der Waals surface area contributed by atoms with E-state index in [1.54, 1.807) is 0 Å². The van der Waals surface area contributed by atoms with Gasteiger partial charge in [0.05, 0.1) is 4.70 Å². The van der Waals surface area contributed by atoms with Gasteiger partial charge in [0.2, 0.25) is 0 Å². The molecule has 0 N–H and O–H groups in total. The van der Waals surface area contributed by atoms with Gasteiger partial charge in [-0.3, -0.25) is 0 Å². The number of alkyl halides is 3. The summed E-state index contributed by atoms with van der Waals surface area (Å²) in [6.45, 7) is 0. The number of hydrogen-bond donors (Lipinski definition) is 0. The van der Waals surface area contributed by atoms with Gasteiger partial charge in [-0.2, -0.15) is 0 Å². The molecule has 0 fully saturated rings. The molecular formula is C9H3Cl3O4S. The van der Waals surface area contributed by atoms with Gasteiger partial charge < -0.3 is 9.15 Å². The second-order valence-electron chi connectivity index (χ2n) is 2.95. The molecule has 0 saturated heterocycles. The quantitative estimate of drug-likeness (QED) is 0.461. The highest BCUT2D eigenvalue weighted by atomic mass is 35.6. The maximum atomic E-state index is 11.3. The first kappa shape index (κ1) is 12.7. The molecule has 0 aliphatic heterocycles. The van der Waals surface area contributed by atoms with Gasteiger partial charge in [0.25, 0.3) is 3.79 Å². The summed E-state index contributed by atoms with van der Waals surface area (Å²) in [6.07, 6.45) is 0.